The standard InChI is InChI=1S/C24H18O6/c1-13(17-7-9-21(25)19(11-17)23(27)28)15-3-5-16(6-4-15)14(2)18-8-10-22(26)20(12-18)24(29)30/h3-12,25-26H,1-2H2,(H,27,28)(H,29,30). The van der Waals surface area contributed by atoms with E-state index < -0.39 is 11.9 Å². The molecule has 0 saturated carbocycles. The molecule has 0 spiro atoms. The molecule has 0 aliphatic heterocycles. The van der Waals surface area contributed by atoms with Crippen LogP contribution >= 0.6 is 0 Å². The first kappa shape index (κ1) is 20.4. The second-order valence-corrected chi connectivity index (χ2v) is 6.61. The summed E-state index contributed by atoms with van der Waals surface area (Å²) in [6, 6.07) is 15.7. The summed E-state index contributed by atoms with van der Waals surface area (Å²) in [6.07, 6.45) is 0. The number of hydrogen-bond donors (Lipinski definition) is 4. The van der Waals surface area contributed by atoms with Gasteiger partial charge in [0.2, 0.25) is 0 Å². The molecule has 0 amide bonds. The predicted octanol–water partition coefficient (Wildman–Crippen LogP) is 4.62. The largest absolute Gasteiger partial charge is 0.507 e. The minimum Gasteiger partial charge on any atom is -0.507 e. The van der Waals surface area contributed by atoms with Gasteiger partial charge in [-0.15, -0.1) is 0 Å². The summed E-state index contributed by atoms with van der Waals surface area (Å²) in [5.41, 5.74) is 3.33. The maximum Gasteiger partial charge on any atom is 0.339 e. The van der Waals surface area contributed by atoms with E-state index in [4.69, 9.17) is 10.2 Å². The van der Waals surface area contributed by atoms with Crippen molar-refractivity contribution >= 4 is 23.1 Å². The Balaban J connectivity index is 1.88. The lowest BCUT2D eigenvalue weighted by molar-refractivity contribution is 0.0682. The first-order valence-electron chi connectivity index (χ1n) is 8.81. The molecular weight excluding hydrogens is 384 g/mol. The molecule has 0 heterocycles. The third kappa shape index (κ3) is 3.93. The molecule has 3 aromatic carbocycles. The number of carboxylic acids is 2. The highest BCUT2D eigenvalue weighted by atomic mass is 16.4. The Morgan fingerprint density at radius 3 is 1.17 bits per heavy atom. The average molecular weight is 402 g/mol. The summed E-state index contributed by atoms with van der Waals surface area (Å²) in [6.45, 7) is 8.02. The highest BCUT2D eigenvalue weighted by molar-refractivity contribution is 5.94. The molecule has 0 aliphatic rings. The normalized spacial score (nSPS) is 10.4. The molecule has 0 unspecified atom stereocenters. The minimum absolute atomic E-state index is 0.208. The number of carbonyl (C=O) groups is 2. The number of aromatic carboxylic acids is 2. The van der Waals surface area contributed by atoms with Crippen LogP contribution in [0.4, 0.5) is 0 Å². The molecular formula is C24H18O6. The fourth-order valence-electron chi connectivity index (χ4n) is 3.00. The number of carboxylic acid groups (broad SMARTS) is 2. The molecule has 0 radical (unpaired) electrons. The molecule has 3 rings (SSSR count). The van der Waals surface area contributed by atoms with Crippen molar-refractivity contribution in [2.24, 2.45) is 0 Å². The van der Waals surface area contributed by atoms with Gasteiger partial charge in [0.05, 0.1) is 0 Å². The maximum absolute atomic E-state index is 11.2. The molecule has 0 aliphatic carbocycles. The van der Waals surface area contributed by atoms with Crippen LogP contribution in [0.15, 0.2) is 73.8 Å². The van der Waals surface area contributed by atoms with Crippen LogP contribution in [0.25, 0.3) is 11.1 Å². The molecule has 0 atom stereocenters. The Morgan fingerprint density at radius 1 is 0.567 bits per heavy atom. The Morgan fingerprint density at radius 2 is 0.867 bits per heavy atom. The van der Waals surface area contributed by atoms with Crippen molar-refractivity contribution in [2.75, 3.05) is 0 Å². The Bertz CT molecular complexity index is 1090. The molecule has 3 aromatic rings. The summed E-state index contributed by atoms with van der Waals surface area (Å²) in [5, 5.41) is 37.7. The van der Waals surface area contributed by atoms with Crippen LogP contribution in [-0.2, 0) is 0 Å². The van der Waals surface area contributed by atoms with E-state index in [-0.39, 0.29) is 22.6 Å². The minimum atomic E-state index is -1.23. The first-order chi connectivity index (χ1) is 14.2. The van der Waals surface area contributed by atoms with Gasteiger partial charge in [-0.25, -0.2) is 9.59 Å². The maximum atomic E-state index is 11.2. The second kappa shape index (κ2) is 7.97. The van der Waals surface area contributed by atoms with Gasteiger partial charge < -0.3 is 20.4 Å². The molecule has 0 saturated heterocycles. The van der Waals surface area contributed by atoms with E-state index in [0.29, 0.717) is 22.3 Å². The van der Waals surface area contributed by atoms with Gasteiger partial charge in [-0.1, -0.05) is 49.6 Å². The molecule has 150 valence electrons. The van der Waals surface area contributed by atoms with Crippen molar-refractivity contribution in [3.63, 3.8) is 0 Å². The van der Waals surface area contributed by atoms with Crippen molar-refractivity contribution in [3.8, 4) is 11.5 Å². The van der Waals surface area contributed by atoms with E-state index in [1.54, 1.807) is 36.4 Å². The zero-order chi connectivity index (χ0) is 22.0. The number of rotatable bonds is 6. The van der Waals surface area contributed by atoms with Crippen LogP contribution in [0.5, 0.6) is 11.5 Å². The number of hydrogen-bond acceptors (Lipinski definition) is 4. The first-order valence-corrected chi connectivity index (χ1v) is 8.81. The summed E-state index contributed by atoms with van der Waals surface area (Å²) >= 11 is 0. The Hall–Kier alpha value is -4.32. The molecule has 6 heteroatoms. The smallest absolute Gasteiger partial charge is 0.339 e. The van der Waals surface area contributed by atoms with E-state index in [0.717, 1.165) is 11.1 Å². The zero-order valence-electron chi connectivity index (χ0n) is 15.8. The van der Waals surface area contributed by atoms with Crippen LogP contribution in [0.3, 0.4) is 0 Å². The van der Waals surface area contributed by atoms with Gasteiger partial charge in [0, 0.05) is 0 Å². The summed E-state index contributed by atoms with van der Waals surface area (Å²) in [7, 11) is 0. The lowest BCUT2D eigenvalue weighted by Gasteiger charge is -2.11. The van der Waals surface area contributed by atoms with Crippen LogP contribution in [0, 0.1) is 0 Å². The van der Waals surface area contributed by atoms with Crippen molar-refractivity contribution in [2.45, 2.75) is 0 Å². The fourth-order valence-corrected chi connectivity index (χ4v) is 3.00. The van der Waals surface area contributed by atoms with Crippen molar-refractivity contribution in [3.05, 3.63) is 107 Å². The van der Waals surface area contributed by atoms with Crippen molar-refractivity contribution in [1.82, 2.24) is 0 Å². The third-order valence-corrected chi connectivity index (χ3v) is 4.73. The highest BCUT2D eigenvalue weighted by Gasteiger charge is 2.14. The van der Waals surface area contributed by atoms with E-state index >= 15 is 0 Å². The monoisotopic (exact) mass is 402 g/mol. The van der Waals surface area contributed by atoms with Gasteiger partial charge in [0.25, 0.3) is 0 Å². The lowest BCUT2D eigenvalue weighted by atomic mass is 9.93. The summed E-state index contributed by atoms with van der Waals surface area (Å²) in [4.78, 5) is 22.4. The quantitative estimate of drug-likeness (QED) is 0.478. The van der Waals surface area contributed by atoms with E-state index in [2.05, 4.69) is 13.2 Å². The lowest BCUT2D eigenvalue weighted by Crippen LogP contribution is -1.99. The Labute approximate surface area is 172 Å². The van der Waals surface area contributed by atoms with Gasteiger partial charge in [-0.3, -0.25) is 0 Å². The van der Waals surface area contributed by atoms with Crippen molar-refractivity contribution in [1.29, 1.82) is 0 Å². The van der Waals surface area contributed by atoms with E-state index in [1.165, 1.54) is 24.3 Å². The van der Waals surface area contributed by atoms with Gasteiger partial charge in [0.15, 0.2) is 0 Å². The van der Waals surface area contributed by atoms with Crippen LogP contribution in [0.2, 0.25) is 0 Å². The van der Waals surface area contributed by atoms with Crippen molar-refractivity contribution < 1.29 is 30.0 Å². The number of benzene rings is 3. The average Bonchev–Trinajstić information content (AvgIpc) is 2.73. The predicted molar refractivity (Wildman–Crippen MR) is 113 cm³/mol. The molecule has 6 nitrogen and oxygen atoms in total. The van der Waals surface area contributed by atoms with Gasteiger partial charge >= 0.3 is 11.9 Å². The van der Waals surface area contributed by atoms with Gasteiger partial charge in [0.1, 0.15) is 22.6 Å². The van der Waals surface area contributed by atoms with E-state index in [1.807, 2.05) is 0 Å². The molecule has 30 heavy (non-hydrogen) atoms. The summed E-state index contributed by atoms with van der Waals surface area (Å²) in [5.74, 6) is -3.10. The SMILES string of the molecule is C=C(c1ccc(C(=C)c2ccc(O)c(C(=O)O)c2)cc1)c1ccc(O)c(C(=O)O)c1. The molecule has 0 aromatic heterocycles. The third-order valence-electron chi connectivity index (χ3n) is 4.73. The molecule has 4 N–H and O–H groups in total. The summed E-state index contributed by atoms with van der Waals surface area (Å²) < 4.78 is 0. The highest BCUT2D eigenvalue weighted by Crippen LogP contribution is 2.30. The fraction of sp³-hybridized carbons (Fsp3) is 0. The molecule has 0 fully saturated rings. The van der Waals surface area contributed by atoms with Crippen LogP contribution in [-0.4, -0.2) is 32.4 Å². The van der Waals surface area contributed by atoms with Crippen LogP contribution in [0.1, 0.15) is 43.0 Å². The van der Waals surface area contributed by atoms with Crippen LogP contribution < -0.4 is 0 Å². The second-order valence-electron chi connectivity index (χ2n) is 6.61. The Kier molecular flexibility index (Phi) is 5.42. The molecule has 0 bridgehead atoms. The number of aromatic hydroxyl groups is 2. The van der Waals surface area contributed by atoms with E-state index in [9.17, 15) is 19.8 Å². The zero-order valence-corrected chi connectivity index (χ0v) is 15.8. The number of phenols is 2. The topological polar surface area (TPSA) is 115 Å². The van der Waals surface area contributed by atoms with Gasteiger partial charge in [-0.05, 0) is 57.7 Å². The van der Waals surface area contributed by atoms with Gasteiger partial charge in [-0.2, -0.15) is 0 Å².